The Balaban J connectivity index is 3.11. The largest absolute Gasteiger partial charge is 0.359 e. The molecule has 0 unspecified atom stereocenters. The summed E-state index contributed by atoms with van der Waals surface area (Å²) in [6.45, 7) is 2.01. The zero-order chi connectivity index (χ0) is 7.40. The summed E-state index contributed by atoms with van der Waals surface area (Å²) in [5, 5.41) is 0. The third-order valence-electron chi connectivity index (χ3n) is 1.35. The molecule has 0 aliphatic heterocycles. The van der Waals surface area contributed by atoms with Gasteiger partial charge in [-0.3, -0.25) is 0 Å². The van der Waals surface area contributed by atoms with Crippen molar-refractivity contribution in [3.8, 4) is 12.0 Å². The predicted molar refractivity (Wildman–Crippen MR) is 42.2 cm³/mol. The molecule has 1 nitrogen and oxygen atoms in total. The highest BCUT2D eigenvalue weighted by Crippen LogP contribution is 2.03. The zero-order valence-electron chi connectivity index (χ0n) is 5.89. The molecule has 1 aromatic carbocycles. The average Bonchev–Trinajstić information content (AvgIpc) is 1.94. The third-order valence-corrected chi connectivity index (χ3v) is 1.35. The standard InChI is InChI=1S/C9H9N/c1-8-4-2-3-5-9(8)6-7-10/h2-5H,10H2,1H3. The first-order valence-corrected chi connectivity index (χ1v) is 3.12. The highest BCUT2D eigenvalue weighted by molar-refractivity contribution is 5.39. The molecule has 0 heterocycles. The maximum absolute atomic E-state index is 5.07. The van der Waals surface area contributed by atoms with Gasteiger partial charge in [0, 0.05) is 11.6 Å². The molecular formula is C9H9N. The Hall–Kier alpha value is -1.42. The third kappa shape index (κ3) is 1.29. The summed E-state index contributed by atoms with van der Waals surface area (Å²) in [6, 6.07) is 10.3. The van der Waals surface area contributed by atoms with E-state index in [1.165, 1.54) is 5.56 Å². The van der Waals surface area contributed by atoms with E-state index in [1.807, 2.05) is 31.2 Å². The van der Waals surface area contributed by atoms with Gasteiger partial charge in [0.15, 0.2) is 0 Å². The van der Waals surface area contributed by atoms with Crippen LogP contribution in [0, 0.1) is 18.9 Å². The molecule has 0 atom stereocenters. The number of nitrogens with two attached hydrogens (primary N) is 1. The molecule has 0 bridgehead atoms. The van der Waals surface area contributed by atoms with E-state index in [-0.39, 0.29) is 0 Å². The Morgan fingerprint density at radius 2 is 2.00 bits per heavy atom. The maximum atomic E-state index is 5.07. The molecule has 0 spiro atoms. The lowest BCUT2D eigenvalue weighted by Crippen LogP contribution is -1.82. The fourth-order valence-corrected chi connectivity index (χ4v) is 0.791. The minimum absolute atomic E-state index is 1.00. The van der Waals surface area contributed by atoms with Gasteiger partial charge in [0.05, 0.1) is 0 Å². The molecule has 0 aromatic heterocycles. The lowest BCUT2D eigenvalue weighted by Gasteiger charge is -1.93. The summed E-state index contributed by atoms with van der Waals surface area (Å²) in [7, 11) is 0. The molecule has 0 fully saturated rings. The van der Waals surface area contributed by atoms with Crippen LogP contribution in [-0.4, -0.2) is 0 Å². The van der Waals surface area contributed by atoms with Crippen LogP contribution in [0.3, 0.4) is 0 Å². The minimum Gasteiger partial charge on any atom is -0.359 e. The van der Waals surface area contributed by atoms with E-state index in [2.05, 4.69) is 12.0 Å². The topological polar surface area (TPSA) is 26.0 Å². The van der Waals surface area contributed by atoms with Crippen molar-refractivity contribution >= 4 is 0 Å². The van der Waals surface area contributed by atoms with Crippen LogP contribution >= 0.6 is 0 Å². The average molecular weight is 131 g/mol. The number of hydrogen-bond acceptors (Lipinski definition) is 1. The molecule has 0 aliphatic rings. The van der Waals surface area contributed by atoms with Crippen LogP contribution in [0.15, 0.2) is 24.3 Å². The molecular weight excluding hydrogens is 122 g/mol. The first-order valence-electron chi connectivity index (χ1n) is 3.12. The van der Waals surface area contributed by atoms with Gasteiger partial charge in [-0.1, -0.05) is 18.2 Å². The SMILES string of the molecule is Cc1ccccc1C#CN. The molecule has 0 aliphatic carbocycles. The molecule has 2 N–H and O–H groups in total. The minimum atomic E-state index is 1.00. The van der Waals surface area contributed by atoms with E-state index in [1.54, 1.807) is 0 Å². The van der Waals surface area contributed by atoms with E-state index < -0.39 is 0 Å². The zero-order valence-corrected chi connectivity index (χ0v) is 5.89. The normalized spacial score (nSPS) is 8.10. The van der Waals surface area contributed by atoms with Crippen molar-refractivity contribution < 1.29 is 0 Å². The van der Waals surface area contributed by atoms with Crippen molar-refractivity contribution in [1.82, 2.24) is 0 Å². The Morgan fingerprint density at radius 3 is 2.60 bits per heavy atom. The van der Waals surface area contributed by atoms with Crippen LogP contribution < -0.4 is 5.73 Å². The Bertz CT molecular complexity index is 278. The molecule has 0 amide bonds. The van der Waals surface area contributed by atoms with Gasteiger partial charge in [0.25, 0.3) is 0 Å². The number of hydrogen-bond donors (Lipinski definition) is 1. The molecule has 50 valence electrons. The lowest BCUT2D eigenvalue weighted by atomic mass is 10.1. The van der Waals surface area contributed by atoms with E-state index in [0.29, 0.717) is 0 Å². The summed E-state index contributed by atoms with van der Waals surface area (Å²) in [5.74, 6) is 2.80. The second-order valence-electron chi connectivity index (χ2n) is 2.08. The van der Waals surface area contributed by atoms with Crippen molar-refractivity contribution in [2.24, 2.45) is 5.73 Å². The van der Waals surface area contributed by atoms with Crippen molar-refractivity contribution in [2.45, 2.75) is 6.92 Å². The molecule has 0 saturated carbocycles. The summed E-state index contributed by atoms with van der Waals surface area (Å²) < 4.78 is 0. The van der Waals surface area contributed by atoms with E-state index >= 15 is 0 Å². The maximum Gasteiger partial charge on any atom is 0.0292 e. The molecule has 1 heteroatoms. The summed E-state index contributed by atoms with van der Waals surface area (Å²) in [4.78, 5) is 0. The fraction of sp³-hybridized carbons (Fsp3) is 0.111. The van der Waals surface area contributed by atoms with Gasteiger partial charge in [0.2, 0.25) is 0 Å². The van der Waals surface area contributed by atoms with Gasteiger partial charge < -0.3 is 5.73 Å². The quantitative estimate of drug-likeness (QED) is 0.416. The Labute approximate surface area is 60.9 Å². The molecule has 0 radical (unpaired) electrons. The molecule has 10 heavy (non-hydrogen) atoms. The van der Waals surface area contributed by atoms with Gasteiger partial charge in [-0.2, -0.15) is 0 Å². The summed E-state index contributed by atoms with van der Waals surface area (Å²) >= 11 is 0. The Kier molecular flexibility index (Phi) is 1.96. The number of aryl methyl sites for hydroxylation is 1. The van der Waals surface area contributed by atoms with Crippen molar-refractivity contribution in [2.75, 3.05) is 0 Å². The van der Waals surface area contributed by atoms with Crippen molar-refractivity contribution in [3.63, 3.8) is 0 Å². The van der Waals surface area contributed by atoms with E-state index in [4.69, 9.17) is 5.73 Å². The van der Waals surface area contributed by atoms with Gasteiger partial charge >= 0.3 is 0 Å². The van der Waals surface area contributed by atoms with Crippen LogP contribution in [0.4, 0.5) is 0 Å². The van der Waals surface area contributed by atoms with E-state index in [9.17, 15) is 0 Å². The van der Waals surface area contributed by atoms with Gasteiger partial charge in [-0.05, 0) is 24.5 Å². The monoisotopic (exact) mass is 131 g/mol. The highest BCUT2D eigenvalue weighted by atomic mass is 14.5. The molecule has 0 saturated heterocycles. The van der Waals surface area contributed by atoms with Crippen LogP contribution in [0.1, 0.15) is 11.1 Å². The van der Waals surface area contributed by atoms with Crippen molar-refractivity contribution in [1.29, 1.82) is 0 Å². The first-order chi connectivity index (χ1) is 4.84. The molecule has 1 rings (SSSR count). The summed E-state index contributed by atoms with van der Waals surface area (Å²) in [5.41, 5.74) is 7.24. The van der Waals surface area contributed by atoms with Crippen molar-refractivity contribution in [3.05, 3.63) is 35.4 Å². The van der Waals surface area contributed by atoms with E-state index in [0.717, 1.165) is 5.56 Å². The predicted octanol–water partition coefficient (Wildman–Crippen LogP) is 1.26. The fourth-order valence-electron chi connectivity index (χ4n) is 0.791. The van der Waals surface area contributed by atoms with Crippen LogP contribution in [0.2, 0.25) is 0 Å². The van der Waals surface area contributed by atoms with Gasteiger partial charge in [-0.25, -0.2) is 0 Å². The second kappa shape index (κ2) is 2.93. The van der Waals surface area contributed by atoms with Gasteiger partial charge in [-0.15, -0.1) is 0 Å². The first kappa shape index (κ1) is 6.70. The van der Waals surface area contributed by atoms with Crippen LogP contribution in [0.5, 0.6) is 0 Å². The highest BCUT2D eigenvalue weighted by Gasteiger charge is 1.88. The van der Waals surface area contributed by atoms with Crippen LogP contribution in [-0.2, 0) is 0 Å². The van der Waals surface area contributed by atoms with Crippen LogP contribution in [0.25, 0.3) is 0 Å². The smallest absolute Gasteiger partial charge is 0.0292 e. The molecule has 1 aromatic rings. The van der Waals surface area contributed by atoms with Gasteiger partial charge in [0.1, 0.15) is 0 Å². The number of rotatable bonds is 0. The lowest BCUT2D eigenvalue weighted by molar-refractivity contribution is 1.43. The summed E-state index contributed by atoms with van der Waals surface area (Å²) in [6.07, 6.45) is 0. The second-order valence-corrected chi connectivity index (χ2v) is 2.08. The Morgan fingerprint density at radius 1 is 1.30 bits per heavy atom. The number of benzene rings is 1.